The first-order chi connectivity index (χ1) is 57.0. The molecular formula is C84H60Co2N24S8. The number of isothiocyanates is 8. The quantitative estimate of drug-likeness (QED) is 0.0623. The molecule has 0 amide bonds. The summed E-state index contributed by atoms with van der Waals surface area (Å²) in [6, 6.07) is 120. The van der Waals surface area contributed by atoms with Gasteiger partial charge in [-0.05, 0) is 185 Å². The molecule has 0 unspecified atom stereocenters. The zero-order chi connectivity index (χ0) is 83.6. The number of aromatic nitrogens is 16. The average Bonchev–Trinajstić information content (AvgIpc) is 1.67. The van der Waals surface area contributed by atoms with E-state index in [-0.39, 0.29) is 33.6 Å². The standard InChI is InChI=1S/4C19H15N4.8CNS.2Co/c4*1-4-10-16(11-5-1)19-20-22(17-12-6-2-7-13-17)23(21-19)18-14-8-3-9-15-18;8*2-1-3;;/h4*1-15H;;;;;;;;;;/q4*+1;8*-1;2*+2. The molecule has 0 fully saturated rings. The summed E-state index contributed by atoms with van der Waals surface area (Å²) in [4.78, 5) is 14.5. The van der Waals surface area contributed by atoms with E-state index in [4.69, 9.17) is 84.1 Å². The fraction of sp³-hybridized carbons (Fsp3) is 0. The normalized spacial score (nSPS) is 8.81. The molecule has 0 N–H and O–H groups in total. The SMILES string of the molecule is [Co+2].[Co+2].[N-]=C=S.[N-]=C=S.[N-]=C=S.[N-]=C=S.[N-]=C=S.[N-]=C=S.[N-]=C=S.[N-]=C=S.c1ccc(-c2nn(-c3ccccc3)[n+](-c3ccccc3)n2)cc1.c1ccc(-c2nn(-c3ccccc3)[n+](-c3ccccc3)n2)cc1.c1ccc(-c2nn(-c3ccccc3)[n+](-c3ccccc3)n2)cc1.c1ccc(-c2nn(-c3ccccc3)[n+](-c3ccccc3)n2)cc1. The van der Waals surface area contributed by atoms with Crippen LogP contribution in [-0.4, -0.2) is 101 Å². The summed E-state index contributed by atoms with van der Waals surface area (Å²) in [6.45, 7) is 0. The molecule has 0 bridgehead atoms. The molecule has 582 valence electrons. The zero-order valence-corrected chi connectivity index (χ0v) is 69.9. The maximum atomic E-state index is 7.13. The second kappa shape index (κ2) is 60.0. The monoisotopic (exact) mass is 1780 g/mol. The van der Waals surface area contributed by atoms with Gasteiger partial charge < -0.3 is 43.3 Å². The summed E-state index contributed by atoms with van der Waals surface area (Å²) < 4.78 is 0. The first-order valence-corrected chi connectivity index (χ1v) is 36.6. The topological polar surface area (TPSA) is 317 Å². The van der Waals surface area contributed by atoms with Gasteiger partial charge in [0.15, 0.2) is 22.7 Å². The minimum absolute atomic E-state index is 0. The largest absolute Gasteiger partial charge is 2.00 e. The molecule has 12 aromatic carbocycles. The van der Waals surface area contributed by atoms with Gasteiger partial charge in [-0.25, -0.2) is 0 Å². The van der Waals surface area contributed by atoms with Crippen molar-refractivity contribution in [2.45, 2.75) is 0 Å². The summed E-state index contributed by atoms with van der Waals surface area (Å²) in [5.74, 6) is 2.77. The van der Waals surface area contributed by atoms with Crippen LogP contribution in [0.15, 0.2) is 364 Å². The predicted molar refractivity (Wildman–Crippen MR) is 481 cm³/mol. The smallest absolute Gasteiger partial charge is 0.753 e. The van der Waals surface area contributed by atoms with E-state index in [1.807, 2.05) is 402 Å². The van der Waals surface area contributed by atoms with E-state index in [9.17, 15) is 0 Å². The molecule has 4 aromatic heterocycles. The predicted octanol–water partition coefficient (Wildman–Crippen LogP) is 18.1. The first kappa shape index (κ1) is 98.5. The van der Waals surface area contributed by atoms with Crippen LogP contribution in [0.3, 0.4) is 0 Å². The Morgan fingerprint density at radius 3 is 0.424 bits per heavy atom. The van der Waals surface area contributed by atoms with Crippen molar-refractivity contribution < 1.29 is 52.7 Å². The maximum Gasteiger partial charge on any atom is 2.00 e. The number of hydrogen-bond donors (Lipinski definition) is 0. The Balaban J connectivity index is 0.000000370. The molecule has 4 heterocycles. The zero-order valence-electron chi connectivity index (χ0n) is 61.3. The fourth-order valence-corrected chi connectivity index (χ4v) is 9.77. The van der Waals surface area contributed by atoms with Crippen LogP contribution in [0.2, 0.25) is 0 Å². The Morgan fingerprint density at radius 1 is 0.186 bits per heavy atom. The van der Waals surface area contributed by atoms with Gasteiger partial charge in [0.2, 0.25) is 0 Å². The summed E-state index contributed by atoms with van der Waals surface area (Å²) in [5, 5.41) is 105. The van der Waals surface area contributed by atoms with Gasteiger partial charge in [-0.3, -0.25) is 0 Å². The van der Waals surface area contributed by atoms with Gasteiger partial charge >= 0.3 is 56.9 Å². The van der Waals surface area contributed by atoms with E-state index in [1.54, 1.807) is 0 Å². The van der Waals surface area contributed by atoms with Gasteiger partial charge in [0.25, 0.3) is 0 Å². The van der Waals surface area contributed by atoms with Crippen LogP contribution in [-0.2, 0) is 33.6 Å². The van der Waals surface area contributed by atoms with Crippen molar-refractivity contribution in [1.29, 1.82) is 0 Å². The van der Waals surface area contributed by atoms with Gasteiger partial charge in [-0.1, -0.05) is 316 Å². The van der Waals surface area contributed by atoms with Crippen LogP contribution in [0.25, 0.3) is 134 Å². The molecule has 16 rings (SSSR count). The minimum Gasteiger partial charge on any atom is -0.753 e. The van der Waals surface area contributed by atoms with E-state index >= 15 is 0 Å². The summed E-state index contributed by atoms with van der Waals surface area (Å²) >= 11 is 29.6. The molecule has 0 saturated carbocycles. The van der Waals surface area contributed by atoms with E-state index < -0.39 is 0 Å². The van der Waals surface area contributed by atoms with Crippen LogP contribution in [0, 0.1) is 0 Å². The Kier molecular flexibility index (Phi) is 50.1. The van der Waals surface area contributed by atoms with Crippen molar-refractivity contribution in [1.82, 2.24) is 60.0 Å². The number of tetrazole rings is 4. The van der Waals surface area contributed by atoms with Gasteiger partial charge in [-0.2, -0.15) is 41.3 Å². The molecular weight excluding hydrogens is 1720 g/mol. The number of hydrogen-bond acceptors (Lipinski definition) is 16. The first-order valence-electron chi connectivity index (χ1n) is 33.3. The molecule has 0 atom stereocenters. The van der Waals surface area contributed by atoms with Crippen molar-refractivity contribution in [2.75, 3.05) is 0 Å². The van der Waals surface area contributed by atoms with Crippen LogP contribution in [0.4, 0.5) is 0 Å². The third-order valence-corrected chi connectivity index (χ3v) is 14.3. The molecule has 34 heteroatoms. The summed E-state index contributed by atoms with van der Waals surface area (Å²) in [6.07, 6.45) is 0. The fourth-order valence-electron chi connectivity index (χ4n) is 9.77. The van der Waals surface area contributed by atoms with E-state index in [0.29, 0.717) is 23.3 Å². The second-order valence-electron chi connectivity index (χ2n) is 21.3. The van der Waals surface area contributed by atoms with E-state index in [0.717, 1.165) is 67.8 Å². The average molecular weight is 1780 g/mol. The molecule has 0 aliphatic rings. The molecule has 0 saturated heterocycles. The van der Waals surface area contributed by atoms with Crippen molar-refractivity contribution in [3.8, 4) is 91.1 Å². The van der Waals surface area contributed by atoms with E-state index in [2.05, 4.69) is 97.7 Å². The number of para-hydroxylation sites is 8. The Labute approximate surface area is 743 Å². The van der Waals surface area contributed by atoms with Crippen molar-refractivity contribution in [3.63, 3.8) is 0 Å². The van der Waals surface area contributed by atoms with Crippen LogP contribution in [0.5, 0.6) is 0 Å². The number of benzene rings is 12. The third-order valence-electron chi connectivity index (χ3n) is 14.3. The van der Waals surface area contributed by atoms with Crippen molar-refractivity contribution >= 4 is 139 Å². The molecule has 16 aromatic rings. The van der Waals surface area contributed by atoms with Crippen molar-refractivity contribution in [3.05, 3.63) is 407 Å². The van der Waals surface area contributed by atoms with Gasteiger partial charge in [-0.15, -0.1) is 0 Å². The summed E-state index contributed by atoms with van der Waals surface area (Å²) in [5.41, 5.74) is 11.7. The third kappa shape index (κ3) is 33.0. The molecule has 0 spiro atoms. The van der Waals surface area contributed by atoms with Crippen LogP contribution >= 0.6 is 97.7 Å². The number of thiocarbonyl (C=S) groups is 8. The second-order valence-corrected chi connectivity index (χ2v) is 22.7. The maximum absolute atomic E-state index is 7.13. The van der Waals surface area contributed by atoms with Gasteiger partial charge in [0.1, 0.15) is 22.7 Å². The minimum atomic E-state index is 0. The Bertz CT molecular complexity index is 4800. The molecule has 24 nitrogen and oxygen atoms in total. The van der Waals surface area contributed by atoms with Crippen molar-refractivity contribution in [2.24, 2.45) is 0 Å². The summed E-state index contributed by atoms with van der Waals surface area (Å²) in [7, 11) is 0. The Hall–Kier alpha value is -13.7. The molecule has 2 radical (unpaired) electrons. The van der Waals surface area contributed by atoms with Crippen LogP contribution in [0.1, 0.15) is 0 Å². The number of nitrogens with zero attached hydrogens (tertiary/aromatic N) is 24. The molecule has 118 heavy (non-hydrogen) atoms. The Morgan fingerprint density at radius 2 is 0.297 bits per heavy atom. The molecule has 0 aliphatic carbocycles. The molecule has 0 aliphatic heterocycles. The van der Waals surface area contributed by atoms with Gasteiger partial charge in [0.05, 0.1) is 42.6 Å². The van der Waals surface area contributed by atoms with Crippen LogP contribution < -0.4 is 19.2 Å². The van der Waals surface area contributed by atoms with Gasteiger partial charge in [0, 0.05) is 19.2 Å². The van der Waals surface area contributed by atoms with E-state index in [1.165, 1.54) is 41.3 Å². The number of rotatable bonds is 12.